The van der Waals surface area contributed by atoms with Crippen LogP contribution < -0.4 is 0 Å². The standard InChI is InChI=1S/C20H24F2N2O/c21-18-7-5-16(6-8-18)13-24-11-10-23(15-19(24)9-12-25)14-17-3-1-2-4-20(17)22/h1-8,19,25H,9-15H2. The number of hydrogen-bond acceptors (Lipinski definition) is 3. The van der Waals surface area contributed by atoms with Gasteiger partial charge in [0.1, 0.15) is 11.6 Å². The molecule has 0 aromatic heterocycles. The number of nitrogens with zero attached hydrogens (tertiary/aromatic N) is 2. The molecule has 1 fully saturated rings. The van der Waals surface area contributed by atoms with Gasteiger partial charge in [-0.3, -0.25) is 9.80 Å². The number of rotatable bonds is 6. The normalized spacial score (nSPS) is 19.2. The van der Waals surface area contributed by atoms with Gasteiger partial charge in [-0.25, -0.2) is 8.78 Å². The quantitative estimate of drug-likeness (QED) is 0.871. The summed E-state index contributed by atoms with van der Waals surface area (Å²) in [6.07, 6.45) is 0.676. The van der Waals surface area contributed by atoms with Crippen LogP contribution in [-0.2, 0) is 13.1 Å². The topological polar surface area (TPSA) is 26.7 Å². The highest BCUT2D eigenvalue weighted by atomic mass is 19.1. The summed E-state index contributed by atoms with van der Waals surface area (Å²) in [7, 11) is 0. The van der Waals surface area contributed by atoms with Crippen molar-refractivity contribution in [1.29, 1.82) is 0 Å². The molecule has 0 bridgehead atoms. The Bertz CT molecular complexity index is 678. The Kier molecular flexibility index (Phi) is 6.13. The van der Waals surface area contributed by atoms with Gasteiger partial charge in [0.05, 0.1) is 0 Å². The van der Waals surface area contributed by atoms with E-state index in [0.29, 0.717) is 18.5 Å². The minimum atomic E-state index is -0.231. The molecule has 1 saturated heterocycles. The SMILES string of the molecule is OCCC1CN(Cc2ccccc2F)CCN1Cc1ccc(F)cc1. The van der Waals surface area contributed by atoms with Crippen LogP contribution in [-0.4, -0.2) is 47.2 Å². The molecular weight excluding hydrogens is 322 g/mol. The molecular formula is C20H24F2N2O. The van der Waals surface area contributed by atoms with Crippen molar-refractivity contribution in [1.82, 2.24) is 9.80 Å². The van der Waals surface area contributed by atoms with Gasteiger partial charge in [0.25, 0.3) is 0 Å². The lowest BCUT2D eigenvalue weighted by Gasteiger charge is -2.41. The summed E-state index contributed by atoms with van der Waals surface area (Å²) in [5.41, 5.74) is 1.77. The Labute approximate surface area is 147 Å². The third kappa shape index (κ3) is 4.84. The van der Waals surface area contributed by atoms with Gasteiger partial charge >= 0.3 is 0 Å². The van der Waals surface area contributed by atoms with Gasteiger partial charge in [0.2, 0.25) is 0 Å². The number of benzene rings is 2. The molecule has 1 heterocycles. The van der Waals surface area contributed by atoms with Crippen molar-refractivity contribution in [3.05, 3.63) is 71.3 Å². The predicted octanol–water partition coefficient (Wildman–Crippen LogP) is 3.03. The number of aliphatic hydroxyl groups is 1. The van der Waals surface area contributed by atoms with Gasteiger partial charge in [-0.05, 0) is 30.2 Å². The van der Waals surface area contributed by atoms with Crippen molar-refractivity contribution in [2.45, 2.75) is 25.6 Å². The summed E-state index contributed by atoms with van der Waals surface area (Å²) in [6, 6.07) is 13.6. The summed E-state index contributed by atoms with van der Waals surface area (Å²) < 4.78 is 26.9. The molecule has 3 nitrogen and oxygen atoms in total. The van der Waals surface area contributed by atoms with E-state index in [9.17, 15) is 13.9 Å². The van der Waals surface area contributed by atoms with E-state index in [0.717, 1.165) is 31.7 Å². The first-order chi connectivity index (χ1) is 12.2. The van der Waals surface area contributed by atoms with E-state index in [1.54, 1.807) is 18.2 Å². The predicted molar refractivity (Wildman–Crippen MR) is 94.0 cm³/mol. The summed E-state index contributed by atoms with van der Waals surface area (Å²) in [4.78, 5) is 4.56. The first kappa shape index (κ1) is 18.0. The third-order valence-corrected chi connectivity index (χ3v) is 4.80. The average molecular weight is 346 g/mol. The minimum absolute atomic E-state index is 0.123. The Morgan fingerprint density at radius 1 is 0.960 bits per heavy atom. The maximum absolute atomic E-state index is 13.9. The molecule has 2 aromatic carbocycles. The molecule has 25 heavy (non-hydrogen) atoms. The molecule has 1 unspecified atom stereocenters. The molecule has 0 saturated carbocycles. The molecule has 0 amide bonds. The fraction of sp³-hybridized carbons (Fsp3) is 0.400. The van der Waals surface area contributed by atoms with E-state index >= 15 is 0 Å². The van der Waals surface area contributed by atoms with Gasteiger partial charge in [0, 0.05) is 50.9 Å². The maximum Gasteiger partial charge on any atom is 0.127 e. The highest BCUT2D eigenvalue weighted by Gasteiger charge is 2.27. The number of halogens is 2. The zero-order valence-corrected chi connectivity index (χ0v) is 14.2. The summed E-state index contributed by atoms with van der Waals surface area (Å²) in [5.74, 6) is -0.402. The highest BCUT2D eigenvalue weighted by Crippen LogP contribution is 2.19. The maximum atomic E-state index is 13.9. The number of aliphatic hydroxyl groups excluding tert-OH is 1. The first-order valence-corrected chi connectivity index (χ1v) is 8.71. The fourth-order valence-electron chi connectivity index (χ4n) is 3.42. The fourth-order valence-corrected chi connectivity index (χ4v) is 3.42. The van der Waals surface area contributed by atoms with E-state index in [2.05, 4.69) is 9.80 Å². The molecule has 3 rings (SSSR count). The van der Waals surface area contributed by atoms with Gasteiger partial charge in [-0.15, -0.1) is 0 Å². The summed E-state index contributed by atoms with van der Waals surface area (Å²) >= 11 is 0. The van der Waals surface area contributed by atoms with Crippen LogP contribution >= 0.6 is 0 Å². The lowest BCUT2D eigenvalue weighted by atomic mass is 10.1. The zero-order valence-electron chi connectivity index (χ0n) is 14.2. The lowest BCUT2D eigenvalue weighted by Crippen LogP contribution is -2.52. The Morgan fingerprint density at radius 2 is 1.72 bits per heavy atom. The van der Waals surface area contributed by atoms with E-state index in [-0.39, 0.29) is 24.3 Å². The van der Waals surface area contributed by atoms with Gasteiger partial charge < -0.3 is 5.11 Å². The lowest BCUT2D eigenvalue weighted by molar-refractivity contribution is 0.0495. The molecule has 1 atom stereocenters. The van der Waals surface area contributed by atoms with Crippen molar-refractivity contribution >= 4 is 0 Å². The Morgan fingerprint density at radius 3 is 2.44 bits per heavy atom. The van der Waals surface area contributed by atoms with Crippen molar-refractivity contribution < 1.29 is 13.9 Å². The third-order valence-electron chi connectivity index (χ3n) is 4.80. The van der Waals surface area contributed by atoms with E-state index < -0.39 is 0 Å². The van der Waals surface area contributed by atoms with Crippen LogP contribution in [0.3, 0.4) is 0 Å². The van der Waals surface area contributed by atoms with E-state index in [4.69, 9.17) is 0 Å². The van der Waals surface area contributed by atoms with Crippen LogP contribution in [0.2, 0.25) is 0 Å². The number of hydrogen-bond donors (Lipinski definition) is 1. The van der Waals surface area contributed by atoms with Crippen molar-refractivity contribution in [2.24, 2.45) is 0 Å². The molecule has 1 aliphatic rings. The molecule has 0 aliphatic carbocycles. The number of piperazine rings is 1. The smallest absolute Gasteiger partial charge is 0.127 e. The molecule has 0 radical (unpaired) electrons. The highest BCUT2D eigenvalue weighted by molar-refractivity contribution is 5.18. The van der Waals surface area contributed by atoms with Crippen LogP contribution in [0.5, 0.6) is 0 Å². The van der Waals surface area contributed by atoms with Crippen LogP contribution in [0, 0.1) is 11.6 Å². The first-order valence-electron chi connectivity index (χ1n) is 8.71. The van der Waals surface area contributed by atoms with Crippen molar-refractivity contribution in [3.63, 3.8) is 0 Å². The second-order valence-electron chi connectivity index (χ2n) is 6.59. The van der Waals surface area contributed by atoms with Gasteiger partial charge in [-0.1, -0.05) is 30.3 Å². The average Bonchev–Trinajstić information content (AvgIpc) is 2.61. The van der Waals surface area contributed by atoms with Crippen molar-refractivity contribution in [2.75, 3.05) is 26.2 Å². The zero-order chi connectivity index (χ0) is 17.6. The van der Waals surface area contributed by atoms with Gasteiger partial charge in [-0.2, -0.15) is 0 Å². The molecule has 1 aliphatic heterocycles. The van der Waals surface area contributed by atoms with Crippen LogP contribution in [0.1, 0.15) is 17.5 Å². The molecule has 5 heteroatoms. The largest absolute Gasteiger partial charge is 0.396 e. The van der Waals surface area contributed by atoms with Crippen LogP contribution in [0.15, 0.2) is 48.5 Å². The van der Waals surface area contributed by atoms with Gasteiger partial charge in [0.15, 0.2) is 0 Å². The monoisotopic (exact) mass is 346 g/mol. The Balaban J connectivity index is 1.63. The molecule has 2 aromatic rings. The molecule has 0 spiro atoms. The second kappa shape index (κ2) is 8.52. The second-order valence-corrected chi connectivity index (χ2v) is 6.59. The van der Waals surface area contributed by atoms with Crippen molar-refractivity contribution in [3.8, 4) is 0 Å². The summed E-state index contributed by atoms with van der Waals surface area (Å²) in [5, 5.41) is 9.40. The Hall–Kier alpha value is -1.82. The summed E-state index contributed by atoms with van der Waals surface area (Å²) in [6.45, 7) is 3.92. The van der Waals surface area contributed by atoms with Crippen LogP contribution in [0.4, 0.5) is 8.78 Å². The van der Waals surface area contributed by atoms with Crippen LogP contribution in [0.25, 0.3) is 0 Å². The van der Waals surface area contributed by atoms with E-state index in [1.165, 1.54) is 18.2 Å². The molecule has 1 N–H and O–H groups in total. The molecule has 134 valence electrons. The minimum Gasteiger partial charge on any atom is -0.396 e. The van der Waals surface area contributed by atoms with E-state index in [1.807, 2.05) is 12.1 Å².